The number of benzene rings is 1. The average Bonchev–Trinajstić information content (AvgIpc) is 3.28. The summed E-state index contributed by atoms with van der Waals surface area (Å²) in [6.07, 6.45) is 5.60. The standard InChI is InChI=1S/C23H25Cl2N7O2/c1-30-9-11-31(12-10-30)23-26-7-4-8-32(23)22-14-5-6-15(27-21(14)28-29-22)18-19(24)16(33-2)13-17(34-3)20(18)25/h4-8,13,23H,9-12H2,1-3H3,(H,27,28,29). The average molecular weight is 502 g/mol. The molecule has 0 aliphatic carbocycles. The van der Waals surface area contributed by atoms with E-state index in [4.69, 9.17) is 42.7 Å². The van der Waals surface area contributed by atoms with Crippen LogP contribution < -0.4 is 14.4 Å². The smallest absolute Gasteiger partial charge is 0.183 e. The Hall–Kier alpha value is -2.85. The number of hydrogen-bond acceptors (Lipinski definition) is 8. The number of fused-ring (bicyclic) bond motifs is 1. The van der Waals surface area contributed by atoms with Gasteiger partial charge >= 0.3 is 0 Å². The van der Waals surface area contributed by atoms with Crippen LogP contribution in [0.3, 0.4) is 0 Å². The number of likely N-dealkylation sites (N-methyl/N-ethyl adjacent to an activating group) is 1. The van der Waals surface area contributed by atoms with Crippen LogP contribution in [0.2, 0.25) is 10.0 Å². The minimum absolute atomic E-state index is 0.156. The van der Waals surface area contributed by atoms with Gasteiger partial charge in [0.15, 0.2) is 17.8 Å². The van der Waals surface area contributed by atoms with E-state index in [0.717, 1.165) is 37.4 Å². The lowest BCUT2D eigenvalue weighted by Gasteiger charge is -2.40. The largest absolute Gasteiger partial charge is 0.495 e. The first-order valence-corrected chi connectivity index (χ1v) is 11.6. The first-order chi connectivity index (χ1) is 16.5. The molecule has 1 unspecified atom stereocenters. The van der Waals surface area contributed by atoms with E-state index in [1.54, 1.807) is 20.3 Å². The molecule has 9 nitrogen and oxygen atoms in total. The molecule has 0 amide bonds. The lowest BCUT2D eigenvalue weighted by atomic mass is 10.1. The molecule has 1 saturated heterocycles. The highest BCUT2D eigenvalue weighted by Crippen LogP contribution is 2.45. The Labute approximate surface area is 207 Å². The summed E-state index contributed by atoms with van der Waals surface area (Å²) >= 11 is 13.2. The molecule has 0 radical (unpaired) electrons. The van der Waals surface area contributed by atoms with Gasteiger partial charge in [0.05, 0.1) is 35.3 Å². The van der Waals surface area contributed by atoms with Crippen LogP contribution in [-0.2, 0) is 0 Å². The minimum Gasteiger partial charge on any atom is -0.495 e. The molecule has 2 aromatic heterocycles. The maximum atomic E-state index is 6.60. The predicted octanol–water partition coefficient (Wildman–Crippen LogP) is 3.88. The maximum absolute atomic E-state index is 6.60. The molecular formula is C23H25Cl2N7O2. The lowest BCUT2D eigenvalue weighted by Crippen LogP contribution is -2.54. The highest BCUT2D eigenvalue weighted by atomic mass is 35.5. The van der Waals surface area contributed by atoms with E-state index in [1.165, 1.54) is 0 Å². The van der Waals surface area contributed by atoms with E-state index >= 15 is 0 Å². The number of nitrogens with zero attached hydrogens (tertiary/aromatic N) is 6. The number of ether oxygens (including phenoxy) is 2. The van der Waals surface area contributed by atoms with Gasteiger partial charge in [0.25, 0.3) is 0 Å². The van der Waals surface area contributed by atoms with Gasteiger partial charge < -0.3 is 14.4 Å². The van der Waals surface area contributed by atoms with Crippen LogP contribution in [-0.4, -0.2) is 84.9 Å². The van der Waals surface area contributed by atoms with Gasteiger partial charge in [-0.15, -0.1) is 0 Å². The SMILES string of the molecule is COc1cc(OC)c(Cl)c(-c2ccc3c(N4C=CC=NC4N4CCN(C)CC4)n[nH]c3n2)c1Cl. The molecule has 178 valence electrons. The fraction of sp³-hybridized carbons (Fsp3) is 0.348. The summed E-state index contributed by atoms with van der Waals surface area (Å²) in [5.74, 6) is 1.67. The molecular weight excluding hydrogens is 477 g/mol. The van der Waals surface area contributed by atoms with E-state index in [1.807, 2.05) is 30.6 Å². The number of anilines is 1. The van der Waals surface area contributed by atoms with Gasteiger partial charge in [-0.3, -0.25) is 19.9 Å². The molecule has 1 aromatic carbocycles. The van der Waals surface area contributed by atoms with E-state index in [9.17, 15) is 0 Å². The Morgan fingerprint density at radius 3 is 2.41 bits per heavy atom. The van der Waals surface area contributed by atoms with E-state index in [0.29, 0.717) is 38.4 Å². The highest BCUT2D eigenvalue weighted by Gasteiger charge is 2.30. The van der Waals surface area contributed by atoms with Crippen molar-refractivity contribution in [2.45, 2.75) is 6.29 Å². The van der Waals surface area contributed by atoms with E-state index in [-0.39, 0.29) is 6.29 Å². The van der Waals surface area contributed by atoms with Crippen molar-refractivity contribution >= 4 is 46.3 Å². The second kappa shape index (κ2) is 9.42. The number of allylic oxidation sites excluding steroid dienone is 1. The Morgan fingerprint density at radius 1 is 1.03 bits per heavy atom. The molecule has 2 aliphatic heterocycles. The molecule has 2 aliphatic rings. The number of piperazine rings is 1. The minimum atomic E-state index is -0.156. The van der Waals surface area contributed by atoms with Crippen molar-refractivity contribution in [3.05, 3.63) is 40.5 Å². The van der Waals surface area contributed by atoms with E-state index < -0.39 is 0 Å². The van der Waals surface area contributed by atoms with Crippen LogP contribution in [0.4, 0.5) is 5.82 Å². The topological polar surface area (TPSA) is 82.1 Å². The Bertz CT molecular complexity index is 1240. The third-order valence-electron chi connectivity index (χ3n) is 6.14. The zero-order valence-corrected chi connectivity index (χ0v) is 20.6. The number of methoxy groups -OCH3 is 2. The first-order valence-electron chi connectivity index (χ1n) is 10.9. The summed E-state index contributed by atoms with van der Waals surface area (Å²) < 4.78 is 10.8. The zero-order chi connectivity index (χ0) is 23.8. The van der Waals surface area contributed by atoms with Crippen molar-refractivity contribution in [2.24, 2.45) is 4.99 Å². The quantitative estimate of drug-likeness (QED) is 0.567. The van der Waals surface area contributed by atoms with Crippen molar-refractivity contribution in [1.29, 1.82) is 0 Å². The molecule has 11 heteroatoms. The van der Waals surface area contributed by atoms with Crippen LogP contribution >= 0.6 is 23.2 Å². The van der Waals surface area contributed by atoms with Crippen molar-refractivity contribution in [3.63, 3.8) is 0 Å². The molecule has 1 atom stereocenters. The molecule has 5 rings (SSSR count). The van der Waals surface area contributed by atoms with Gasteiger partial charge in [-0.25, -0.2) is 4.98 Å². The van der Waals surface area contributed by atoms with Crippen LogP contribution in [0.5, 0.6) is 11.5 Å². The normalized spacial score (nSPS) is 19.2. The lowest BCUT2D eigenvalue weighted by molar-refractivity contribution is 0.116. The second-order valence-corrected chi connectivity index (χ2v) is 8.91. The monoisotopic (exact) mass is 501 g/mol. The number of halogens is 2. The predicted molar refractivity (Wildman–Crippen MR) is 135 cm³/mol. The molecule has 4 heterocycles. The number of hydrogen-bond donors (Lipinski definition) is 1. The van der Waals surface area contributed by atoms with Gasteiger partial charge in [0, 0.05) is 50.2 Å². The fourth-order valence-electron chi connectivity index (χ4n) is 4.25. The van der Waals surface area contributed by atoms with Gasteiger partial charge in [0.1, 0.15) is 11.5 Å². The van der Waals surface area contributed by atoms with Crippen LogP contribution in [0.15, 0.2) is 35.5 Å². The number of pyridine rings is 1. The van der Waals surface area contributed by atoms with Gasteiger partial charge in [-0.2, -0.15) is 5.10 Å². The van der Waals surface area contributed by atoms with Gasteiger partial charge in [-0.05, 0) is 25.3 Å². The molecule has 1 fully saturated rings. The molecule has 0 saturated carbocycles. The van der Waals surface area contributed by atoms with Crippen LogP contribution in [0.1, 0.15) is 0 Å². The fourth-order valence-corrected chi connectivity index (χ4v) is 4.94. The number of aromatic nitrogens is 3. The Balaban J connectivity index is 1.53. The summed E-state index contributed by atoms with van der Waals surface area (Å²) in [7, 11) is 5.23. The Kier molecular flexibility index (Phi) is 6.35. The molecule has 34 heavy (non-hydrogen) atoms. The highest BCUT2D eigenvalue weighted by molar-refractivity contribution is 6.41. The third kappa shape index (κ3) is 3.98. The zero-order valence-electron chi connectivity index (χ0n) is 19.1. The number of H-pyrrole nitrogens is 1. The molecule has 1 N–H and O–H groups in total. The van der Waals surface area contributed by atoms with Gasteiger partial charge in [0.2, 0.25) is 0 Å². The summed E-state index contributed by atoms with van der Waals surface area (Å²) in [5.41, 5.74) is 1.73. The first kappa shape index (κ1) is 22.9. The van der Waals surface area contributed by atoms with Crippen LogP contribution in [0, 0.1) is 0 Å². The summed E-state index contributed by atoms with van der Waals surface area (Å²) in [6, 6.07) is 5.49. The van der Waals surface area contributed by atoms with Crippen molar-refractivity contribution in [2.75, 3.05) is 52.3 Å². The van der Waals surface area contributed by atoms with Crippen molar-refractivity contribution < 1.29 is 9.47 Å². The molecule has 3 aromatic rings. The van der Waals surface area contributed by atoms with Crippen LogP contribution in [0.25, 0.3) is 22.3 Å². The summed E-state index contributed by atoms with van der Waals surface area (Å²) in [4.78, 5) is 16.2. The maximum Gasteiger partial charge on any atom is 0.183 e. The second-order valence-electron chi connectivity index (χ2n) is 8.16. The van der Waals surface area contributed by atoms with Gasteiger partial charge in [-0.1, -0.05) is 23.2 Å². The number of rotatable bonds is 5. The van der Waals surface area contributed by atoms with Crippen molar-refractivity contribution in [1.82, 2.24) is 25.0 Å². The molecule has 0 spiro atoms. The third-order valence-corrected chi connectivity index (χ3v) is 6.89. The number of aliphatic imine (C=N–C) groups is 1. The van der Waals surface area contributed by atoms with E-state index in [2.05, 4.69) is 31.9 Å². The number of nitrogens with one attached hydrogen (secondary N) is 1. The molecule has 0 bridgehead atoms. The summed E-state index contributed by atoms with van der Waals surface area (Å²) in [6.45, 7) is 3.87. The van der Waals surface area contributed by atoms with Crippen molar-refractivity contribution in [3.8, 4) is 22.8 Å². The summed E-state index contributed by atoms with van der Waals surface area (Å²) in [5, 5.41) is 9.24. The number of aromatic amines is 1. The Morgan fingerprint density at radius 2 is 1.74 bits per heavy atom.